The van der Waals surface area contributed by atoms with Crippen molar-refractivity contribution in [2.45, 2.75) is 6.54 Å². The van der Waals surface area contributed by atoms with Gasteiger partial charge in [0.25, 0.3) is 11.1 Å². The Balaban J connectivity index is 1.82. The molecule has 0 aliphatic carbocycles. The van der Waals surface area contributed by atoms with E-state index >= 15 is 0 Å². The molecule has 22 heavy (non-hydrogen) atoms. The first-order valence-electron chi connectivity index (χ1n) is 6.68. The Labute approximate surface area is 141 Å². The first-order chi connectivity index (χ1) is 10.6. The lowest BCUT2D eigenvalue weighted by atomic mass is 10.2. The molecule has 1 aliphatic heterocycles. The highest BCUT2D eigenvalue weighted by atomic mass is 79.9. The molecular formula is C17H12BrNO2S. The second kappa shape index (κ2) is 6.50. The predicted octanol–water partition coefficient (Wildman–Crippen LogP) is 4.69. The molecule has 110 valence electrons. The first kappa shape index (κ1) is 15.1. The van der Waals surface area contributed by atoms with E-state index in [4.69, 9.17) is 0 Å². The molecule has 0 aromatic heterocycles. The summed E-state index contributed by atoms with van der Waals surface area (Å²) in [7, 11) is 0. The number of benzene rings is 2. The van der Waals surface area contributed by atoms with E-state index in [2.05, 4.69) is 15.9 Å². The van der Waals surface area contributed by atoms with Crippen LogP contribution in [0.5, 0.6) is 0 Å². The average molecular weight is 374 g/mol. The van der Waals surface area contributed by atoms with Gasteiger partial charge in [0, 0.05) is 4.47 Å². The molecule has 0 unspecified atom stereocenters. The van der Waals surface area contributed by atoms with Crippen LogP contribution >= 0.6 is 27.7 Å². The van der Waals surface area contributed by atoms with Gasteiger partial charge in [0.05, 0.1) is 11.4 Å². The van der Waals surface area contributed by atoms with Crippen molar-refractivity contribution in [1.29, 1.82) is 0 Å². The first-order valence-corrected chi connectivity index (χ1v) is 8.29. The van der Waals surface area contributed by atoms with Crippen LogP contribution in [0.4, 0.5) is 4.79 Å². The zero-order valence-electron chi connectivity index (χ0n) is 11.5. The molecule has 0 bridgehead atoms. The number of carbonyl (C=O) groups is 2. The van der Waals surface area contributed by atoms with Gasteiger partial charge in [-0.3, -0.25) is 14.5 Å². The highest BCUT2D eigenvalue weighted by molar-refractivity contribution is 9.10. The highest BCUT2D eigenvalue weighted by Gasteiger charge is 2.34. The summed E-state index contributed by atoms with van der Waals surface area (Å²) in [6.07, 6.45) is 1.75. The molecule has 1 fully saturated rings. The van der Waals surface area contributed by atoms with E-state index in [9.17, 15) is 9.59 Å². The molecule has 3 rings (SSSR count). The van der Waals surface area contributed by atoms with Crippen LogP contribution in [0.15, 0.2) is 64.0 Å². The van der Waals surface area contributed by atoms with E-state index in [1.54, 1.807) is 6.08 Å². The third-order valence-electron chi connectivity index (χ3n) is 3.20. The molecule has 0 radical (unpaired) electrons. The Morgan fingerprint density at radius 3 is 2.55 bits per heavy atom. The average Bonchev–Trinajstić information content (AvgIpc) is 2.76. The quantitative estimate of drug-likeness (QED) is 0.732. The van der Waals surface area contributed by atoms with E-state index in [1.807, 2.05) is 54.6 Å². The van der Waals surface area contributed by atoms with Gasteiger partial charge in [-0.25, -0.2) is 0 Å². The maximum Gasteiger partial charge on any atom is 0.293 e. The number of hydrogen-bond acceptors (Lipinski definition) is 3. The van der Waals surface area contributed by atoms with E-state index in [1.165, 1.54) is 4.90 Å². The van der Waals surface area contributed by atoms with Gasteiger partial charge in [-0.15, -0.1) is 0 Å². The molecule has 1 heterocycles. The molecule has 2 aromatic carbocycles. The minimum atomic E-state index is -0.237. The normalized spacial score (nSPS) is 16.6. The van der Waals surface area contributed by atoms with Gasteiger partial charge < -0.3 is 0 Å². The number of carbonyl (C=O) groups excluding carboxylic acids is 2. The fourth-order valence-corrected chi connectivity index (χ4v) is 3.41. The van der Waals surface area contributed by atoms with Crippen LogP contribution < -0.4 is 0 Å². The lowest BCUT2D eigenvalue weighted by Crippen LogP contribution is -2.27. The Morgan fingerprint density at radius 1 is 1.05 bits per heavy atom. The molecule has 0 N–H and O–H groups in total. The lowest BCUT2D eigenvalue weighted by molar-refractivity contribution is -0.123. The van der Waals surface area contributed by atoms with Crippen LogP contribution in [-0.2, 0) is 11.3 Å². The molecule has 0 saturated carbocycles. The van der Waals surface area contributed by atoms with Crippen LogP contribution in [0.1, 0.15) is 11.1 Å². The van der Waals surface area contributed by atoms with Crippen molar-refractivity contribution in [2.75, 3.05) is 0 Å². The summed E-state index contributed by atoms with van der Waals surface area (Å²) >= 11 is 4.38. The second-order valence-electron chi connectivity index (χ2n) is 4.81. The smallest absolute Gasteiger partial charge is 0.268 e. The summed E-state index contributed by atoms with van der Waals surface area (Å²) < 4.78 is 0.935. The van der Waals surface area contributed by atoms with Gasteiger partial charge in [-0.1, -0.05) is 58.4 Å². The van der Waals surface area contributed by atoms with Crippen molar-refractivity contribution >= 4 is 44.9 Å². The zero-order valence-corrected chi connectivity index (χ0v) is 13.9. The van der Waals surface area contributed by atoms with E-state index < -0.39 is 0 Å². The number of amides is 2. The molecule has 2 amide bonds. The van der Waals surface area contributed by atoms with E-state index in [0.717, 1.165) is 27.4 Å². The molecule has 1 saturated heterocycles. The predicted molar refractivity (Wildman–Crippen MR) is 92.1 cm³/mol. The maximum atomic E-state index is 12.4. The monoisotopic (exact) mass is 373 g/mol. The SMILES string of the molecule is O=C1S/C(=C\c2cccc(Br)c2)C(=O)N1Cc1ccccc1. The van der Waals surface area contributed by atoms with E-state index in [-0.39, 0.29) is 11.1 Å². The van der Waals surface area contributed by atoms with Crippen molar-refractivity contribution in [3.05, 3.63) is 75.1 Å². The van der Waals surface area contributed by atoms with Crippen LogP contribution in [-0.4, -0.2) is 16.0 Å². The molecule has 1 aliphatic rings. The summed E-state index contributed by atoms with van der Waals surface area (Å²) in [6.45, 7) is 0.307. The molecule has 0 atom stereocenters. The lowest BCUT2D eigenvalue weighted by Gasteiger charge is -2.12. The fourth-order valence-electron chi connectivity index (χ4n) is 2.15. The summed E-state index contributed by atoms with van der Waals surface area (Å²) in [5.74, 6) is -0.237. The minimum Gasteiger partial charge on any atom is -0.268 e. The van der Waals surface area contributed by atoms with Crippen molar-refractivity contribution in [3.63, 3.8) is 0 Å². The summed E-state index contributed by atoms with van der Waals surface area (Å²) in [5.41, 5.74) is 1.83. The molecule has 3 nitrogen and oxygen atoms in total. The van der Waals surface area contributed by atoms with Gasteiger partial charge in [-0.2, -0.15) is 0 Å². The highest BCUT2D eigenvalue weighted by Crippen LogP contribution is 2.33. The van der Waals surface area contributed by atoms with Crippen molar-refractivity contribution in [2.24, 2.45) is 0 Å². The van der Waals surface area contributed by atoms with Gasteiger partial charge in [-0.05, 0) is 41.1 Å². The number of imide groups is 1. The Hall–Kier alpha value is -1.85. The topological polar surface area (TPSA) is 37.4 Å². The fraction of sp³-hybridized carbons (Fsp3) is 0.0588. The van der Waals surface area contributed by atoms with Gasteiger partial charge in [0.15, 0.2) is 0 Å². The molecule has 2 aromatic rings. The molecule has 5 heteroatoms. The van der Waals surface area contributed by atoms with Crippen LogP contribution in [0, 0.1) is 0 Å². The third-order valence-corrected chi connectivity index (χ3v) is 4.60. The minimum absolute atomic E-state index is 0.227. The van der Waals surface area contributed by atoms with Crippen molar-refractivity contribution < 1.29 is 9.59 Å². The number of nitrogens with zero attached hydrogens (tertiary/aromatic N) is 1. The standard InChI is InChI=1S/C17H12BrNO2S/c18-14-8-4-7-13(9-14)10-15-16(20)19(17(21)22-15)11-12-5-2-1-3-6-12/h1-10H,11H2/b15-10-. The van der Waals surface area contributed by atoms with E-state index in [0.29, 0.717) is 11.4 Å². The summed E-state index contributed by atoms with van der Waals surface area (Å²) in [6, 6.07) is 17.1. The Bertz CT molecular complexity index is 758. The van der Waals surface area contributed by atoms with Gasteiger partial charge in [0.2, 0.25) is 0 Å². The van der Waals surface area contributed by atoms with Gasteiger partial charge >= 0.3 is 0 Å². The zero-order chi connectivity index (χ0) is 15.5. The number of halogens is 1. The molecular weight excluding hydrogens is 362 g/mol. The summed E-state index contributed by atoms with van der Waals surface area (Å²) in [5, 5.41) is -0.227. The summed E-state index contributed by atoms with van der Waals surface area (Å²) in [4.78, 5) is 26.2. The number of rotatable bonds is 3. The van der Waals surface area contributed by atoms with Gasteiger partial charge in [0.1, 0.15) is 0 Å². The maximum absolute atomic E-state index is 12.4. The van der Waals surface area contributed by atoms with Crippen molar-refractivity contribution in [3.8, 4) is 0 Å². The Kier molecular flexibility index (Phi) is 4.45. The molecule has 0 spiro atoms. The second-order valence-corrected chi connectivity index (χ2v) is 6.72. The van der Waals surface area contributed by atoms with Crippen LogP contribution in [0.2, 0.25) is 0 Å². The van der Waals surface area contributed by atoms with Crippen molar-refractivity contribution in [1.82, 2.24) is 4.90 Å². The van der Waals surface area contributed by atoms with Crippen LogP contribution in [0.25, 0.3) is 6.08 Å². The number of hydrogen-bond donors (Lipinski definition) is 0. The third kappa shape index (κ3) is 3.31. The Morgan fingerprint density at radius 2 is 1.82 bits per heavy atom. The largest absolute Gasteiger partial charge is 0.293 e. The number of thioether (sulfide) groups is 1. The van der Waals surface area contributed by atoms with Crippen LogP contribution in [0.3, 0.4) is 0 Å².